The average molecular weight is 1650 g/mol. The lowest BCUT2D eigenvalue weighted by Gasteiger charge is -2.33. The van der Waals surface area contributed by atoms with Gasteiger partial charge in [-0.25, -0.2) is 39.3 Å². The molecule has 0 spiro atoms. The zero-order chi connectivity index (χ0) is 80.9. The molecule has 9 heterocycles. The first-order valence-corrected chi connectivity index (χ1v) is 37.9. The Morgan fingerprint density at radius 1 is 0.584 bits per heavy atom. The summed E-state index contributed by atoms with van der Waals surface area (Å²) >= 11 is 3.84. The number of anilines is 10. The molecular weight excluding hydrogens is 1550 g/mol. The molecule has 4 aliphatic heterocycles. The number of nitrogens with two attached hydrogens (primary N) is 2. The standard InChI is InChI=1S/C28H29F3N8OS.C25H29F3N8OS.C21H23F4N7OS.10H2/c1-17-14-24(37-36-17)33-23-15-25(39-13-12-19(16-39)38(2)3)35-27(34-23)41-20-10-8-18(9-11-20)32-26(40)21-6-4-5-7-22(21)28(29,30)31;1-15-10-21(34-33-15)30-20-11-22(36-13-16-4-3-9-35(2)19(16)14-36)32-24(31-20)38-18-7-5-17(6-8-18)29-23(37)12-25(26,27)28;1-12(26)8-16(27)29-17-9-18(32-7-6-13(22)11-32)31-20(30-17)34-15-4-2-14(3-5-15)28-19(33)10-21(23,24)25;;;;;;;;;;/h4-11,14-15,19H,12-13,16H2,1-3H3,(H,32,40)(H2,33,34,35,36,37);5-8,10-11,16,19H,3-4,9,12-14H2,1-2H3,(H,29,37)(H2,30,31,32,33,34);2-5,8-9,13H,6-7,10-11,26H2,1H3,(H,28,33)(H2,27,29,30,31);10*1H/t19-;;;;;;;;;;;;/m0............/s1. The number of hydrogen-bond acceptors (Lipinski definition) is 23. The minimum absolute atomic E-state index is 0. The fourth-order valence-corrected chi connectivity index (χ4v) is 14.9. The Morgan fingerprint density at radius 3 is 1.51 bits per heavy atom. The van der Waals surface area contributed by atoms with Crippen LogP contribution in [0.25, 0.3) is 0 Å². The number of aryl methyl sites for hydroxylation is 2. The molecule has 5 aromatic heterocycles. The van der Waals surface area contributed by atoms with Gasteiger partial charge in [0, 0.05) is 138 Å². The first-order chi connectivity index (χ1) is 53.6. The summed E-state index contributed by atoms with van der Waals surface area (Å²) in [5, 5.41) is 29.2. The topological polar surface area (TPSA) is 327 Å². The number of carbonyl (C=O) groups is 3. The van der Waals surface area contributed by atoms with E-state index in [0.29, 0.717) is 97.5 Å². The zero-order valence-electron chi connectivity index (χ0n) is 61.8. The smallest absolute Gasteiger partial charge is 0.402 e. The van der Waals surface area contributed by atoms with Crippen molar-refractivity contribution in [2.45, 2.75) is 126 Å². The molecule has 0 aliphatic carbocycles. The van der Waals surface area contributed by atoms with Crippen LogP contribution in [-0.4, -0.2) is 181 Å². The molecular formula is C74H101F10N23O3S3. The number of amidine groups is 1. The summed E-state index contributed by atoms with van der Waals surface area (Å²) in [6.45, 7) is 10.9. The van der Waals surface area contributed by atoms with Crippen molar-refractivity contribution in [3.63, 3.8) is 0 Å². The van der Waals surface area contributed by atoms with Crippen LogP contribution in [0.1, 0.15) is 87.0 Å². The van der Waals surface area contributed by atoms with Crippen molar-refractivity contribution < 1.29 is 72.6 Å². The largest absolute Gasteiger partial charge is 0.417 e. The number of benzene rings is 4. The highest BCUT2D eigenvalue weighted by molar-refractivity contribution is 7.99. The molecule has 39 heteroatoms. The molecule has 0 saturated carbocycles. The molecule has 13 rings (SSSR count). The Hall–Kier alpha value is -10.8. The number of aliphatic imine (C=N–C) groups is 1. The number of nitrogens with zero attached hydrogens (tertiary/aromatic N) is 14. The van der Waals surface area contributed by atoms with Gasteiger partial charge >= 0.3 is 18.5 Å². The number of likely N-dealkylation sites (N-methyl/N-ethyl adjacent to an activating group) is 2. The first-order valence-electron chi connectivity index (χ1n) is 35.5. The number of H-pyrrole nitrogens is 2. The number of piperidine rings is 1. The SMILES string of the molecule is CC(N)=CC(N)=Nc1cc(N2CCC(F)C2)nc(Sc2ccc(NC(=O)CC(F)(F)F)cc2)n1.Cc1cc(Nc2cc(N3CC4CCCN(C)C4C3)nc(Sc3ccc(NC(=O)CC(F)(F)F)cc3)n2)n[nH]1.Cc1cc(Nc2cc(N3CC[C@H](N(C)C)C3)nc(Sc3ccc(NC(=O)c4ccccc4C(F)(F)F)cc3)n2)n[nH]1.[HH].[HH].[HH].[HH].[HH].[HH].[HH].[HH].[HH].[HH]. The van der Waals surface area contributed by atoms with E-state index in [2.05, 4.69) is 113 Å². The molecule has 3 unspecified atom stereocenters. The zero-order valence-corrected chi connectivity index (χ0v) is 64.3. The van der Waals surface area contributed by atoms with Gasteiger partial charge in [-0.3, -0.25) is 24.6 Å². The molecule has 4 aromatic carbocycles. The van der Waals surface area contributed by atoms with Crippen molar-refractivity contribution in [3.8, 4) is 0 Å². The van der Waals surface area contributed by atoms with Gasteiger partial charge in [-0.2, -0.15) is 49.7 Å². The molecule has 4 saturated heterocycles. The molecule has 11 N–H and O–H groups in total. The number of amides is 3. The van der Waals surface area contributed by atoms with Gasteiger partial charge in [-0.15, -0.1) is 0 Å². The number of rotatable bonds is 22. The van der Waals surface area contributed by atoms with Gasteiger partial charge in [0.15, 0.2) is 32.9 Å². The van der Waals surface area contributed by atoms with E-state index >= 15 is 0 Å². The Balaban J connectivity index is 0.000000890. The van der Waals surface area contributed by atoms with E-state index in [1.54, 1.807) is 78.6 Å². The van der Waals surface area contributed by atoms with Crippen LogP contribution in [0, 0.1) is 19.8 Å². The van der Waals surface area contributed by atoms with Gasteiger partial charge in [-0.05, 0) is 206 Å². The van der Waals surface area contributed by atoms with Crippen LogP contribution in [0.4, 0.5) is 108 Å². The van der Waals surface area contributed by atoms with E-state index in [0.717, 1.165) is 84.1 Å². The number of nitrogens with one attached hydrogen (secondary N) is 7. The Kier molecular flexibility index (Phi) is 27.1. The van der Waals surface area contributed by atoms with Crippen LogP contribution < -0.4 is 52.8 Å². The number of halogens is 10. The van der Waals surface area contributed by atoms with E-state index in [1.165, 1.54) is 78.5 Å². The summed E-state index contributed by atoms with van der Waals surface area (Å²) in [5.41, 5.74) is 13.3. The summed E-state index contributed by atoms with van der Waals surface area (Å²) in [5.74, 6) is 2.56. The van der Waals surface area contributed by atoms with E-state index in [1.807, 2.05) is 38.1 Å². The Morgan fingerprint density at radius 2 is 1.06 bits per heavy atom. The quantitative estimate of drug-likeness (QED) is 0.0132. The van der Waals surface area contributed by atoms with E-state index in [9.17, 15) is 58.3 Å². The number of aromatic nitrogens is 10. The summed E-state index contributed by atoms with van der Waals surface area (Å²) < 4.78 is 128. The lowest BCUT2D eigenvalue weighted by molar-refractivity contribution is -0.151. The summed E-state index contributed by atoms with van der Waals surface area (Å²) in [6.07, 6.45) is -12.5. The van der Waals surface area contributed by atoms with Crippen molar-refractivity contribution >= 4 is 122 Å². The van der Waals surface area contributed by atoms with Crippen molar-refractivity contribution in [1.29, 1.82) is 0 Å². The second kappa shape index (κ2) is 36.8. The monoisotopic (exact) mass is 1650 g/mol. The molecule has 0 radical (unpaired) electrons. The van der Waals surface area contributed by atoms with Gasteiger partial charge in [-0.1, -0.05) is 12.1 Å². The number of fused-ring (bicyclic) bond motifs is 1. The maximum atomic E-state index is 13.7. The first kappa shape index (κ1) is 83.2. The second-order valence-corrected chi connectivity index (χ2v) is 30.4. The van der Waals surface area contributed by atoms with Gasteiger partial charge in [0.05, 0.1) is 17.7 Å². The van der Waals surface area contributed by atoms with E-state index < -0.39 is 66.4 Å². The summed E-state index contributed by atoms with van der Waals surface area (Å²) in [4.78, 5) is 81.0. The van der Waals surface area contributed by atoms with Gasteiger partial charge < -0.3 is 62.6 Å². The number of aromatic amines is 2. The van der Waals surface area contributed by atoms with Crippen molar-refractivity contribution in [1.82, 2.24) is 60.1 Å². The van der Waals surface area contributed by atoms with Crippen LogP contribution in [0.2, 0.25) is 0 Å². The number of carbonyl (C=O) groups excluding carboxylic acids is 3. The van der Waals surface area contributed by atoms with Crippen LogP contribution in [0.15, 0.2) is 174 Å². The summed E-state index contributed by atoms with van der Waals surface area (Å²) in [7, 11) is 6.33. The molecule has 3 amide bonds. The third-order valence-corrected chi connectivity index (χ3v) is 20.5. The maximum absolute atomic E-state index is 13.7. The number of allylic oxidation sites excluding steroid dienone is 1. The predicted octanol–water partition coefficient (Wildman–Crippen LogP) is 17.0. The third kappa shape index (κ3) is 24.9. The van der Waals surface area contributed by atoms with Crippen LogP contribution >= 0.6 is 35.3 Å². The number of hydrogen-bond donors (Lipinski definition) is 9. The fourth-order valence-electron chi connectivity index (χ4n) is 12.6. The highest BCUT2D eigenvalue weighted by Gasteiger charge is 2.39. The molecule has 618 valence electrons. The van der Waals surface area contributed by atoms with Gasteiger partial charge in [0.1, 0.15) is 53.9 Å². The minimum atomic E-state index is -4.63. The molecule has 4 aliphatic rings. The Bertz CT molecular complexity index is 4890. The van der Waals surface area contributed by atoms with Crippen molar-refractivity contribution in [3.05, 3.63) is 162 Å². The van der Waals surface area contributed by atoms with Crippen molar-refractivity contribution in [2.24, 2.45) is 22.4 Å². The highest BCUT2D eigenvalue weighted by Crippen LogP contribution is 2.39. The Labute approximate surface area is 670 Å². The molecule has 0 bridgehead atoms. The van der Waals surface area contributed by atoms with Crippen LogP contribution in [0.5, 0.6) is 0 Å². The number of alkyl halides is 10. The fraction of sp³-hybridized carbons (Fsp3) is 0.351. The summed E-state index contributed by atoms with van der Waals surface area (Å²) in [6, 6.07) is 34.3. The minimum Gasteiger partial charge on any atom is -0.402 e. The molecule has 4 atom stereocenters. The predicted molar refractivity (Wildman–Crippen MR) is 437 cm³/mol. The highest BCUT2D eigenvalue weighted by atomic mass is 32.2. The maximum Gasteiger partial charge on any atom is 0.417 e. The van der Waals surface area contributed by atoms with Gasteiger partial charge in [0.25, 0.3) is 5.91 Å². The van der Waals surface area contributed by atoms with E-state index in [4.69, 9.17) is 21.4 Å². The molecule has 4 fully saturated rings. The second-order valence-electron chi connectivity index (χ2n) is 27.3. The lowest BCUT2D eigenvalue weighted by Crippen LogP contribution is -2.42. The molecule has 9 aromatic rings. The van der Waals surface area contributed by atoms with Crippen LogP contribution in [-0.2, 0) is 15.8 Å². The van der Waals surface area contributed by atoms with E-state index in [-0.39, 0.29) is 38.2 Å². The normalized spacial score (nSPS) is 17.4. The third-order valence-electron chi connectivity index (χ3n) is 17.9. The molecule has 26 nitrogen and oxygen atoms in total. The van der Waals surface area contributed by atoms with Gasteiger partial charge in [0.2, 0.25) is 11.8 Å². The molecule has 113 heavy (non-hydrogen) atoms. The lowest BCUT2D eigenvalue weighted by atomic mass is 9.93. The average Bonchev–Trinajstić information content (AvgIpc) is 1.68. The van der Waals surface area contributed by atoms with Crippen molar-refractivity contribution in [2.75, 3.05) is 108 Å². The number of likely N-dealkylation sites (tertiary alicyclic amines) is 1. The van der Waals surface area contributed by atoms with Crippen LogP contribution in [0.3, 0.4) is 0 Å².